The second-order valence-corrected chi connectivity index (χ2v) is 6.75. The fraction of sp³-hybridized carbons (Fsp3) is 0.333. The molecule has 0 spiro atoms. The van der Waals surface area contributed by atoms with Gasteiger partial charge in [-0.05, 0) is 42.5 Å². The minimum atomic E-state index is -0.489. The number of anilines is 1. The summed E-state index contributed by atoms with van der Waals surface area (Å²) in [6, 6.07) is 16.7. The molecule has 1 heterocycles. The van der Waals surface area contributed by atoms with E-state index >= 15 is 0 Å². The van der Waals surface area contributed by atoms with Gasteiger partial charge in [-0.25, -0.2) is 0 Å². The lowest BCUT2D eigenvalue weighted by Crippen LogP contribution is -2.39. The predicted molar refractivity (Wildman–Crippen MR) is 101 cm³/mol. The SMILES string of the molecule is CC(=O)Nc1cccc(C(=O)N2CCC(C(O)c3ccccc3)CC2)c1. The van der Waals surface area contributed by atoms with Crippen LogP contribution in [0.5, 0.6) is 0 Å². The molecule has 1 atom stereocenters. The van der Waals surface area contributed by atoms with E-state index in [9.17, 15) is 14.7 Å². The van der Waals surface area contributed by atoms with Crippen LogP contribution in [-0.2, 0) is 4.79 Å². The van der Waals surface area contributed by atoms with Gasteiger partial charge in [-0.1, -0.05) is 36.4 Å². The van der Waals surface area contributed by atoms with Crippen LogP contribution in [0.1, 0.15) is 41.8 Å². The third-order valence-electron chi connectivity index (χ3n) is 4.84. The van der Waals surface area contributed by atoms with Crippen LogP contribution in [0.25, 0.3) is 0 Å². The molecule has 2 amide bonds. The number of piperidine rings is 1. The van der Waals surface area contributed by atoms with Gasteiger partial charge in [0.05, 0.1) is 6.10 Å². The largest absolute Gasteiger partial charge is 0.388 e. The molecule has 0 bridgehead atoms. The highest BCUT2D eigenvalue weighted by molar-refractivity contribution is 5.96. The fourth-order valence-electron chi connectivity index (χ4n) is 3.46. The summed E-state index contributed by atoms with van der Waals surface area (Å²) in [6.07, 6.45) is 1.05. The summed E-state index contributed by atoms with van der Waals surface area (Å²) in [6.45, 7) is 2.69. The number of nitrogens with one attached hydrogen (secondary N) is 1. The van der Waals surface area contributed by atoms with Crippen molar-refractivity contribution >= 4 is 17.5 Å². The summed E-state index contributed by atoms with van der Waals surface area (Å²) in [5.41, 5.74) is 2.12. The Hall–Kier alpha value is -2.66. The maximum atomic E-state index is 12.7. The predicted octanol–water partition coefficient (Wildman–Crippen LogP) is 3.23. The van der Waals surface area contributed by atoms with Crippen molar-refractivity contribution < 1.29 is 14.7 Å². The molecule has 5 nitrogen and oxygen atoms in total. The molecule has 5 heteroatoms. The third-order valence-corrected chi connectivity index (χ3v) is 4.84. The van der Waals surface area contributed by atoms with Crippen LogP contribution in [0.2, 0.25) is 0 Å². The van der Waals surface area contributed by atoms with Crippen LogP contribution in [0.15, 0.2) is 54.6 Å². The van der Waals surface area contributed by atoms with Crippen molar-refractivity contribution in [1.29, 1.82) is 0 Å². The summed E-state index contributed by atoms with van der Waals surface area (Å²) < 4.78 is 0. The van der Waals surface area contributed by atoms with E-state index in [1.54, 1.807) is 24.3 Å². The van der Waals surface area contributed by atoms with Crippen molar-refractivity contribution in [3.8, 4) is 0 Å². The highest BCUT2D eigenvalue weighted by Gasteiger charge is 2.28. The van der Waals surface area contributed by atoms with Crippen LogP contribution in [0.3, 0.4) is 0 Å². The first kappa shape index (κ1) is 18.1. The Labute approximate surface area is 153 Å². The van der Waals surface area contributed by atoms with Crippen molar-refractivity contribution in [1.82, 2.24) is 4.90 Å². The van der Waals surface area contributed by atoms with E-state index in [4.69, 9.17) is 0 Å². The normalized spacial score (nSPS) is 16.2. The zero-order valence-corrected chi connectivity index (χ0v) is 14.9. The monoisotopic (exact) mass is 352 g/mol. The molecule has 1 saturated heterocycles. The number of hydrogen-bond acceptors (Lipinski definition) is 3. The van der Waals surface area contributed by atoms with Crippen LogP contribution in [0.4, 0.5) is 5.69 Å². The Morgan fingerprint density at radius 1 is 1.08 bits per heavy atom. The number of carbonyl (C=O) groups is 2. The number of rotatable bonds is 4. The van der Waals surface area contributed by atoms with Gasteiger partial charge in [0.1, 0.15) is 0 Å². The van der Waals surface area contributed by atoms with E-state index in [1.165, 1.54) is 6.92 Å². The summed E-state index contributed by atoms with van der Waals surface area (Å²) >= 11 is 0. The zero-order chi connectivity index (χ0) is 18.5. The van der Waals surface area contributed by atoms with Gasteiger partial charge in [-0.15, -0.1) is 0 Å². The van der Waals surface area contributed by atoms with Gasteiger partial charge < -0.3 is 15.3 Å². The van der Waals surface area contributed by atoms with Gasteiger partial charge >= 0.3 is 0 Å². The highest BCUT2D eigenvalue weighted by Crippen LogP contribution is 2.31. The van der Waals surface area contributed by atoms with Gasteiger partial charge in [0.2, 0.25) is 5.91 Å². The lowest BCUT2D eigenvalue weighted by Gasteiger charge is -2.34. The molecule has 3 rings (SSSR count). The van der Waals surface area contributed by atoms with Gasteiger partial charge in [0, 0.05) is 31.3 Å². The Balaban J connectivity index is 1.61. The van der Waals surface area contributed by atoms with Gasteiger partial charge in [-0.2, -0.15) is 0 Å². The molecule has 136 valence electrons. The fourth-order valence-corrected chi connectivity index (χ4v) is 3.46. The minimum absolute atomic E-state index is 0.0372. The molecule has 2 aromatic rings. The number of amides is 2. The maximum absolute atomic E-state index is 12.7. The first-order valence-electron chi connectivity index (χ1n) is 8.94. The zero-order valence-electron chi connectivity index (χ0n) is 14.9. The minimum Gasteiger partial charge on any atom is -0.388 e. The van der Waals surface area contributed by atoms with Crippen LogP contribution < -0.4 is 5.32 Å². The molecule has 0 saturated carbocycles. The Kier molecular flexibility index (Phi) is 5.68. The second kappa shape index (κ2) is 8.15. The Bertz CT molecular complexity index is 768. The van der Waals surface area contributed by atoms with E-state index in [0.29, 0.717) is 24.3 Å². The van der Waals surface area contributed by atoms with E-state index < -0.39 is 6.10 Å². The molecular weight excluding hydrogens is 328 g/mol. The Morgan fingerprint density at radius 2 is 1.77 bits per heavy atom. The van der Waals surface area contributed by atoms with Crippen molar-refractivity contribution in [2.24, 2.45) is 5.92 Å². The van der Waals surface area contributed by atoms with E-state index in [1.807, 2.05) is 35.2 Å². The summed E-state index contributed by atoms with van der Waals surface area (Å²) in [5, 5.41) is 13.3. The number of hydrogen-bond donors (Lipinski definition) is 2. The Morgan fingerprint density at radius 3 is 2.42 bits per heavy atom. The summed E-state index contributed by atoms with van der Waals surface area (Å²) in [5.74, 6) is -0.0395. The second-order valence-electron chi connectivity index (χ2n) is 6.75. The standard InChI is InChI=1S/C21H24N2O3/c1-15(24)22-19-9-5-8-18(14-19)21(26)23-12-10-17(11-13-23)20(25)16-6-3-2-4-7-16/h2-9,14,17,20,25H,10-13H2,1H3,(H,22,24). The molecule has 1 fully saturated rings. The number of likely N-dealkylation sites (tertiary alicyclic amines) is 1. The summed E-state index contributed by atoms with van der Waals surface area (Å²) in [7, 11) is 0. The lowest BCUT2D eigenvalue weighted by molar-refractivity contribution is -0.114. The quantitative estimate of drug-likeness (QED) is 0.887. The highest BCUT2D eigenvalue weighted by atomic mass is 16.3. The molecule has 1 unspecified atom stereocenters. The number of nitrogens with zero attached hydrogens (tertiary/aromatic N) is 1. The molecule has 1 aliphatic rings. The number of carbonyl (C=O) groups excluding carboxylic acids is 2. The summed E-state index contributed by atoms with van der Waals surface area (Å²) in [4.78, 5) is 25.7. The molecule has 0 aliphatic carbocycles. The molecular formula is C21H24N2O3. The number of aliphatic hydroxyl groups is 1. The van der Waals surface area contributed by atoms with E-state index in [0.717, 1.165) is 18.4 Å². The van der Waals surface area contributed by atoms with Crippen molar-refractivity contribution in [3.05, 3.63) is 65.7 Å². The molecule has 26 heavy (non-hydrogen) atoms. The molecule has 1 aliphatic heterocycles. The number of benzene rings is 2. The average Bonchev–Trinajstić information content (AvgIpc) is 2.67. The van der Waals surface area contributed by atoms with Crippen molar-refractivity contribution in [2.45, 2.75) is 25.9 Å². The smallest absolute Gasteiger partial charge is 0.253 e. The number of aliphatic hydroxyl groups excluding tert-OH is 1. The first-order valence-corrected chi connectivity index (χ1v) is 8.94. The van der Waals surface area contributed by atoms with E-state index in [2.05, 4.69) is 5.32 Å². The third kappa shape index (κ3) is 4.29. The van der Waals surface area contributed by atoms with Gasteiger partial charge in [0.25, 0.3) is 5.91 Å². The van der Waals surface area contributed by atoms with Crippen LogP contribution in [0, 0.1) is 5.92 Å². The molecule has 0 radical (unpaired) electrons. The van der Waals surface area contributed by atoms with Gasteiger partial charge in [0.15, 0.2) is 0 Å². The average molecular weight is 352 g/mol. The molecule has 2 aromatic carbocycles. The lowest BCUT2D eigenvalue weighted by atomic mass is 9.87. The topological polar surface area (TPSA) is 69.6 Å². The van der Waals surface area contributed by atoms with Crippen molar-refractivity contribution in [3.63, 3.8) is 0 Å². The first-order chi connectivity index (χ1) is 12.5. The van der Waals surface area contributed by atoms with E-state index in [-0.39, 0.29) is 17.7 Å². The maximum Gasteiger partial charge on any atom is 0.253 e. The molecule has 2 N–H and O–H groups in total. The van der Waals surface area contributed by atoms with Gasteiger partial charge in [-0.3, -0.25) is 9.59 Å². The van der Waals surface area contributed by atoms with Crippen LogP contribution >= 0.6 is 0 Å². The molecule has 0 aromatic heterocycles. The van der Waals surface area contributed by atoms with Crippen molar-refractivity contribution in [2.75, 3.05) is 18.4 Å². The van der Waals surface area contributed by atoms with Crippen LogP contribution in [-0.4, -0.2) is 34.9 Å².